The summed E-state index contributed by atoms with van der Waals surface area (Å²) >= 11 is 1.20. The second kappa shape index (κ2) is 8.14. The third-order valence-electron chi connectivity index (χ3n) is 4.09. The quantitative estimate of drug-likeness (QED) is 0.813. The van der Waals surface area contributed by atoms with Gasteiger partial charge in [-0.05, 0) is 29.7 Å². The third-order valence-corrected chi connectivity index (χ3v) is 7.01. The van der Waals surface area contributed by atoms with Gasteiger partial charge >= 0.3 is 0 Å². The molecule has 1 saturated heterocycles. The standard InChI is InChI=1S/C15H25N3O3S2.ClH/c1-15(2,3)13(16)14(19)18-8-6-11(7-9-18)17-23(20,21)12-5-4-10-22-12;/h4-5,10-11,13,17H,6-9,16H2,1-3H3;1H/t13-;/m1./s1. The third kappa shape index (κ3) is 5.16. The summed E-state index contributed by atoms with van der Waals surface area (Å²) in [6.07, 6.45) is 1.21. The van der Waals surface area contributed by atoms with Crippen molar-refractivity contribution in [1.29, 1.82) is 0 Å². The van der Waals surface area contributed by atoms with Crippen molar-refractivity contribution in [1.82, 2.24) is 9.62 Å². The average Bonchev–Trinajstić information content (AvgIpc) is 3.00. The van der Waals surface area contributed by atoms with E-state index in [2.05, 4.69) is 4.72 Å². The Morgan fingerprint density at radius 1 is 1.38 bits per heavy atom. The monoisotopic (exact) mass is 395 g/mol. The molecule has 0 aromatic carbocycles. The minimum atomic E-state index is -3.45. The first-order valence-corrected chi connectivity index (χ1v) is 10.1. The molecule has 0 aliphatic carbocycles. The van der Waals surface area contributed by atoms with Gasteiger partial charge in [-0.3, -0.25) is 4.79 Å². The molecule has 0 radical (unpaired) electrons. The van der Waals surface area contributed by atoms with Crippen molar-refractivity contribution in [3.8, 4) is 0 Å². The van der Waals surface area contributed by atoms with Gasteiger partial charge in [-0.2, -0.15) is 0 Å². The van der Waals surface area contributed by atoms with Crippen molar-refractivity contribution in [3.05, 3.63) is 17.5 Å². The van der Waals surface area contributed by atoms with Crippen molar-refractivity contribution >= 4 is 39.7 Å². The first-order chi connectivity index (χ1) is 10.6. The number of piperidine rings is 1. The van der Waals surface area contributed by atoms with Crippen LogP contribution in [0, 0.1) is 5.41 Å². The highest BCUT2D eigenvalue weighted by Crippen LogP contribution is 2.22. The molecule has 0 saturated carbocycles. The SMILES string of the molecule is CC(C)(C)[C@H](N)C(=O)N1CCC(NS(=O)(=O)c2cccs2)CC1.Cl. The number of sulfonamides is 1. The van der Waals surface area contributed by atoms with Crippen LogP contribution in [0.3, 0.4) is 0 Å². The van der Waals surface area contributed by atoms with Gasteiger partial charge in [-0.1, -0.05) is 26.8 Å². The summed E-state index contributed by atoms with van der Waals surface area (Å²) in [6.45, 7) is 6.88. The molecule has 1 aliphatic rings. The Morgan fingerprint density at radius 2 is 1.96 bits per heavy atom. The van der Waals surface area contributed by atoms with Crippen LogP contribution < -0.4 is 10.5 Å². The van der Waals surface area contributed by atoms with Crippen molar-refractivity contribution in [2.45, 2.75) is 49.9 Å². The summed E-state index contributed by atoms with van der Waals surface area (Å²) in [7, 11) is -3.45. The van der Waals surface area contributed by atoms with Crippen LogP contribution in [0.15, 0.2) is 21.7 Å². The van der Waals surface area contributed by atoms with Gasteiger partial charge in [0.2, 0.25) is 15.9 Å². The van der Waals surface area contributed by atoms with Crippen molar-refractivity contribution in [2.75, 3.05) is 13.1 Å². The van der Waals surface area contributed by atoms with Crippen LogP contribution in [0.4, 0.5) is 0 Å². The van der Waals surface area contributed by atoms with E-state index in [4.69, 9.17) is 5.73 Å². The maximum Gasteiger partial charge on any atom is 0.250 e. The molecule has 138 valence electrons. The summed E-state index contributed by atoms with van der Waals surface area (Å²) < 4.78 is 27.5. The van der Waals surface area contributed by atoms with Gasteiger partial charge in [0.05, 0.1) is 6.04 Å². The molecule has 0 bridgehead atoms. The molecule has 1 aromatic rings. The summed E-state index contributed by atoms with van der Waals surface area (Å²) in [4.78, 5) is 14.1. The number of carbonyl (C=O) groups is 1. The van der Waals surface area contributed by atoms with E-state index in [0.717, 1.165) is 0 Å². The molecule has 0 unspecified atom stereocenters. The number of halogens is 1. The Hall–Kier alpha value is -0.670. The molecule has 2 rings (SSSR count). The number of nitrogens with zero attached hydrogens (tertiary/aromatic N) is 1. The predicted molar refractivity (Wildman–Crippen MR) is 98.9 cm³/mol. The number of hydrogen-bond acceptors (Lipinski definition) is 5. The molecule has 1 atom stereocenters. The summed E-state index contributed by atoms with van der Waals surface area (Å²) in [5.74, 6) is -0.0583. The van der Waals surface area contributed by atoms with E-state index in [-0.39, 0.29) is 29.8 Å². The number of carbonyl (C=O) groups excluding carboxylic acids is 1. The molecule has 24 heavy (non-hydrogen) atoms. The number of likely N-dealkylation sites (tertiary alicyclic amines) is 1. The van der Waals surface area contributed by atoms with Gasteiger partial charge in [-0.25, -0.2) is 13.1 Å². The first kappa shape index (κ1) is 21.4. The second-order valence-electron chi connectivity index (χ2n) is 7.00. The largest absolute Gasteiger partial charge is 0.341 e. The fourth-order valence-corrected chi connectivity index (χ4v) is 4.79. The molecule has 9 heteroatoms. The molecular weight excluding hydrogens is 370 g/mol. The zero-order chi connectivity index (χ0) is 17.3. The molecular formula is C15H26ClN3O3S2. The molecule has 1 aliphatic heterocycles. The molecule has 0 spiro atoms. The lowest BCUT2D eigenvalue weighted by atomic mass is 9.86. The number of rotatable bonds is 4. The van der Waals surface area contributed by atoms with Gasteiger partial charge in [0.1, 0.15) is 4.21 Å². The molecule has 1 fully saturated rings. The Labute approximate surface area is 154 Å². The van der Waals surface area contributed by atoms with Crippen molar-refractivity contribution < 1.29 is 13.2 Å². The Kier molecular flexibility index (Phi) is 7.25. The van der Waals surface area contributed by atoms with E-state index >= 15 is 0 Å². The second-order valence-corrected chi connectivity index (χ2v) is 9.89. The topological polar surface area (TPSA) is 92.5 Å². The Morgan fingerprint density at radius 3 is 2.42 bits per heavy atom. The van der Waals surface area contributed by atoms with Crippen LogP contribution in [0.5, 0.6) is 0 Å². The van der Waals surface area contributed by atoms with E-state index in [9.17, 15) is 13.2 Å². The highest BCUT2D eigenvalue weighted by atomic mass is 35.5. The number of nitrogens with one attached hydrogen (secondary N) is 1. The zero-order valence-corrected chi connectivity index (χ0v) is 16.6. The maximum atomic E-state index is 12.4. The van der Waals surface area contributed by atoms with Crippen LogP contribution in [0.1, 0.15) is 33.6 Å². The molecule has 1 aromatic heterocycles. The molecule has 2 heterocycles. The smallest absolute Gasteiger partial charge is 0.250 e. The van der Waals surface area contributed by atoms with Crippen LogP contribution >= 0.6 is 23.7 Å². The van der Waals surface area contributed by atoms with Crippen LogP contribution in [-0.4, -0.2) is 44.4 Å². The average molecular weight is 396 g/mol. The first-order valence-electron chi connectivity index (χ1n) is 7.71. The fourth-order valence-electron chi connectivity index (χ4n) is 2.48. The van der Waals surface area contributed by atoms with E-state index < -0.39 is 16.1 Å². The van der Waals surface area contributed by atoms with Gasteiger partial charge in [0.15, 0.2) is 0 Å². The predicted octanol–water partition coefficient (Wildman–Crippen LogP) is 1.81. The highest BCUT2D eigenvalue weighted by molar-refractivity contribution is 7.91. The minimum absolute atomic E-state index is 0. The lowest BCUT2D eigenvalue weighted by Gasteiger charge is -2.36. The molecule has 6 nitrogen and oxygen atoms in total. The van der Waals surface area contributed by atoms with Crippen molar-refractivity contribution in [2.24, 2.45) is 11.1 Å². The maximum absolute atomic E-state index is 12.4. The van der Waals surface area contributed by atoms with Crippen LogP contribution in [-0.2, 0) is 14.8 Å². The lowest BCUT2D eigenvalue weighted by molar-refractivity contribution is -0.136. The summed E-state index contributed by atoms with van der Waals surface area (Å²) in [6, 6.07) is 2.63. The van der Waals surface area contributed by atoms with E-state index in [1.54, 1.807) is 22.4 Å². The van der Waals surface area contributed by atoms with Gasteiger partial charge < -0.3 is 10.6 Å². The van der Waals surface area contributed by atoms with E-state index in [1.165, 1.54) is 11.3 Å². The normalized spacial score (nSPS) is 18.1. The van der Waals surface area contributed by atoms with Crippen molar-refractivity contribution in [3.63, 3.8) is 0 Å². The minimum Gasteiger partial charge on any atom is -0.341 e. The van der Waals surface area contributed by atoms with E-state index in [0.29, 0.717) is 30.1 Å². The molecule has 3 N–H and O–H groups in total. The van der Waals surface area contributed by atoms with Crippen LogP contribution in [0.25, 0.3) is 0 Å². The Bertz CT molecular complexity index is 633. The summed E-state index contributed by atoms with van der Waals surface area (Å²) in [5.41, 5.74) is 5.74. The van der Waals surface area contributed by atoms with Crippen LogP contribution in [0.2, 0.25) is 0 Å². The number of hydrogen-bond donors (Lipinski definition) is 2. The van der Waals surface area contributed by atoms with Gasteiger partial charge in [0, 0.05) is 19.1 Å². The number of amides is 1. The van der Waals surface area contributed by atoms with E-state index in [1.807, 2.05) is 20.8 Å². The number of thiophene rings is 1. The van der Waals surface area contributed by atoms with Gasteiger partial charge in [0.25, 0.3) is 0 Å². The zero-order valence-electron chi connectivity index (χ0n) is 14.2. The fraction of sp³-hybridized carbons (Fsp3) is 0.667. The highest BCUT2D eigenvalue weighted by Gasteiger charge is 2.33. The Balaban J connectivity index is 0.00000288. The molecule has 1 amide bonds. The lowest BCUT2D eigenvalue weighted by Crippen LogP contribution is -2.54. The summed E-state index contributed by atoms with van der Waals surface area (Å²) in [5, 5.41) is 1.74. The van der Waals surface area contributed by atoms with Gasteiger partial charge in [-0.15, -0.1) is 23.7 Å². The number of nitrogens with two attached hydrogens (primary N) is 1.